The molecular weight excluding hydrogens is 251 g/mol. The number of alkyl halides is 3. The predicted molar refractivity (Wildman–Crippen MR) is 69.8 cm³/mol. The average Bonchev–Trinajstić information content (AvgIpc) is 2.38. The Morgan fingerprint density at radius 3 is 2.74 bits per heavy atom. The average molecular weight is 267 g/mol. The van der Waals surface area contributed by atoms with Gasteiger partial charge in [0.05, 0.1) is 5.92 Å². The molecule has 1 aliphatic carbocycles. The van der Waals surface area contributed by atoms with Crippen molar-refractivity contribution in [2.75, 3.05) is 5.32 Å². The highest BCUT2D eigenvalue weighted by Gasteiger charge is 2.42. The lowest BCUT2D eigenvalue weighted by Gasteiger charge is -2.31. The molecule has 4 heteroatoms. The molecule has 1 saturated carbocycles. The minimum absolute atomic E-state index is 0.131. The third-order valence-corrected chi connectivity index (χ3v) is 3.54. The number of benzene rings is 1. The highest BCUT2D eigenvalue weighted by Crippen LogP contribution is 2.38. The van der Waals surface area contributed by atoms with Crippen molar-refractivity contribution < 1.29 is 13.2 Å². The van der Waals surface area contributed by atoms with Crippen molar-refractivity contribution in [1.82, 2.24) is 0 Å². The minimum Gasteiger partial charge on any atom is -0.382 e. The van der Waals surface area contributed by atoms with Crippen LogP contribution in [0.5, 0.6) is 0 Å². The Labute approximate surface area is 111 Å². The van der Waals surface area contributed by atoms with Crippen LogP contribution in [0.4, 0.5) is 18.9 Å². The predicted octanol–water partition coefficient (Wildman–Crippen LogP) is 4.20. The van der Waals surface area contributed by atoms with Crippen LogP contribution < -0.4 is 5.32 Å². The first-order valence-corrected chi connectivity index (χ1v) is 6.39. The zero-order valence-corrected chi connectivity index (χ0v) is 10.5. The molecular formula is C15H16F3N. The normalized spacial score (nSPS) is 23.7. The summed E-state index contributed by atoms with van der Waals surface area (Å²) in [5, 5.41) is 3.16. The molecule has 1 fully saturated rings. The van der Waals surface area contributed by atoms with E-state index in [0.717, 1.165) is 17.7 Å². The lowest BCUT2D eigenvalue weighted by Crippen LogP contribution is -2.34. The second-order valence-electron chi connectivity index (χ2n) is 4.97. The van der Waals surface area contributed by atoms with Crippen LogP contribution in [0, 0.1) is 18.3 Å². The van der Waals surface area contributed by atoms with E-state index in [4.69, 9.17) is 6.42 Å². The van der Waals surface area contributed by atoms with Crippen LogP contribution >= 0.6 is 0 Å². The molecule has 1 aromatic carbocycles. The van der Waals surface area contributed by atoms with Gasteiger partial charge in [-0.1, -0.05) is 18.4 Å². The van der Waals surface area contributed by atoms with Crippen molar-refractivity contribution >= 4 is 5.69 Å². The molecule has 1 aliphatic rings. The molecule has 1 nitrogen and oxygen atoms in total. The lowest BCUT2D eigenvalue weighted by atomic mass is 9.85. The number of nitrogens with one attached hydrogen (secondary N) is 1. The molecule has 0 spiro atoms. The number of hydrogen-bond acceptors (Lipinski definition) is 1. The largest absolute Gasteiger partial charge is 0.391 e. The van der Waals surface area contributed by atoms with Gasteiger partial charge in [0.15, 0.2) is 0 Å². The summed E-state index contributed by atoms with van der Waals surface area (Å²) in [6.07, 6.45) is 2.99. The maximum atomic E-state index is 12.7. The van der Waals surface area contributed by atoms with E-state index in [1.165, 1.54) is 0 Å². The molecule has 102 valence electrons. The second kappa shape index (κ2) is 5.56. The SMILES string of the molecule is C#Cc1cccc(NC2CCCC(C(F)(F)F)C2)c1. The summed E-state index contributed by atoms with van der Waals surface area (Å²) >= 11 is 0. The van der Waals surface area contributed by atoms with E-state index >= 15 is 0 Å². The molecule has 0 radical (unpaired) electrons. The lowest BCUT2D eigenvalue weighted by molar-refractivity contribution is -0.182. The molecule has 19 heavy (non-hydrogen) atoms. The van der Waals surface area contributed by atoms with Crippen LogP contribution in [0.25, 0.3) is 0 Å². The molecule has 0 aromatic heterocycles. The Hall–Kier alpha value is -1.63. The fraction of sp³-hybridized carbons (Fsp3) is 0.467. The number of anilines is 1. The van der Waals surface area contributed by atoms with Gasteiger partial charge < -0.3 is 5.32 Å². The molecule has 0 heterocycles. The highest BCUT2D eigenvalue weighted by atomic mass is 19.4. The van der Waals surface area contributed by atoms with Gasteiger partial charge in [0, 0.05) is 17.3 Å². The van der Waals surface area contributed by atoms with Gasteiger partial charge in [-0.05, 0) is 37.5 Å². The summed E-state index contributed by atoms with van der Waals surface area (Å²) < 4.78 is 38.2. The number of halogens is 3. The fourth-order valence-electron chi connectivity index (χ4n) is 2.55. The van der Waals surface area contributed by atoms with E-state index in [-0.39, 0.29) is 18.9 Å². The summed E-state index contributed by atoms with van der Waals surface area (Å²) in [5.74, 6) is 1.33. The maximum absolute atomic E-state index is 12.7. The topological polar surface area (TPSA) is 12.0 Å². The van der Waals surface area contributed by atoms with Gasteiger partial charge in [-0.25, -0.2) is 0 Å². The van der Waals surface area contributed by atoms with Crippen molar-refractivity contribution in [1.29, 1.82) is 0 Å². The first-order chi connectivity index (χ1) is 8.99. The third kappa shape index (κ3) is 3.66. The number of hydrogen-bond donors (Lipinski definition) is 1. The summed E-state index contributed by atoms with van der Waals surface area (Å²) in [7, 11) is 0. The van der Waals surface area contributed by atoms with Crippen LogP contribution in [0.3, 0.4) is 0 Å². The van der Waals surface area contributed by atoms with Crippen LogP contribution in [0.15, 0.2) is 24.3 Å². The van der Waals surface area contributed by atoms with Crippen molar-refractivity contribution in [3.8, 4) is 12.3 Å². The molecule has 0 amide bonds. The van der Waals surface area contributed by atoms with Crippen LogP contribution in [0.1, 0.15) is 31.2 Å². The third-order valence-electron chi connectivity index (χ3n) is 3.54. The Balaban J connectivity index is 2.01. The maximum Gasteiger partial charge on any atom is 0.391 e. The van der Waals surface area contributed by atoms with E-state index in [1.54, 1.807) is 12.1 Å². The molecule has 1 N–H and O–H groups in total. The van der Waals surface area contributed by atoms with Crippen LogP contribution in [0.2, 0.25) is 0 Å². The van der Waals surface area contributed by atoms with Gasteiger partial charge in [-0.15, -0.1) is 6.42 Å². The van der Waals surface area contributed by atoms with Crippen molar-refractivity contribution in [2.45, 2.75) is 37.9 Å². The summed E-state index contributed by atoms with van der Waals surface area (Å²) in [6, 6.07) is 7.09. The van der Waals surface area contributed by atoms with Gasteiger partial charge in [0.2, 0.25) is 0 Å². The Bertz CT molecular complexity index is 473. The van der Waals surface area contributed by atoms with Crippen LogP contribution in [-0.2, 0) is 0 Å². The Morgan fingerprint density at radius 1 is 1.26 bits per heavy atom. The molecule has 1 aromatic rings. The van der Waals surface area contributed by atoms with E-state index in [0.29, 0.717) is 6.42 Å². The van der Waals surface area contributed by atoms with E-state index in [9.17, 15) is 13.2 Å². The van der Waals surface area contributed by atoms with Crippen molar-refractivity contribution in [3.05, 3.63) is 29.8 Å². The minimum atomic E-state index is -4.08. The van der Waals surface area contributed by atoms with E-state index in [2.05, 4.69) is 11.2 Å². The Morgan fingerprint density at radius 2 is 2.05 bits per heavy atom. The second-order valence-corrected chi connectivity index (χ2v) is 4.97. The standard InChI is InChI=1S/C15H16F3N/c1-2-11-5-3-7-13(9-11)19-14-8-4-6-12(10-14)15(16,17)18/h1,3,5,7,9,12,14,19H,4,6,8,10H2. The number of rotatable bonds is 2. The zero-order valence-electron chi connectivity index (χ0n) is 10.5. The first-order valence-electron chi connectivity index (χ1n) is 6.39. The molecule has 2 atom stereocenters. The molecule has 2 rings (SSSR count). The van der Waals surface area contributed by atoms with E-state index < -0.39 is 12.1 Å². The number of terminal acetylenes is 1. The quantitative estimate of drug-likeness (QED) is 0.792. The van der Waals surface area contributed by atoms with Crippen molar-refractivity contribution in [2.24, 2.45) is 5.92 Å². The molecule has 0 saturated heterocycles. The van der Waals surface area contributed by atoms with Crippen molar-refractivity contribution in [3.63, 3.8) is 0 Å². The van der Waals surface area contributed by atoms with Gasteiger partial charge >= 0.3 is 6.18 Å². The smallest absolute Gasteiger partial charge is 0.382 e. The van der Waals surface area contributed by atoms with Gasteiger partial charge in [-0.2, -0.15) is 13.2 Å². The van der Waals surface area contributed by atoms with Gasteiger partial charge in [0.25, 0.3) is 0 Å². The molecule has 0 aliphatic heterocycles. The Kier molecular flexibility index (Phi) is 4.04. The summed E-state index contributed by atoms with van der Waals surface area (Å²) in [6.45, 7) is 0. The highest BCUT2D eigenvalue weighted by molar-refractivity contribution is 5.50. The summed E-state index contributed by atoms with van der Waals surface area (Å²) in [4.78, 5) is 0. The van der Waals surface area contributed by atoms with Gasteiger partial charge in [0.1, 0.15) is 0 Å². The first kappa shape index (κ1) is 13.8. The fourth-order valence-corrected chi connectivity index (χ4v) is 2.55. The van der Waals surface area contributed by atoms with Gasteiger partial charge in [-0.3, -0.25) is 0 Å². The molecule has 0 bridgehead atoms. The monoisotopic (exact) mass is 267 g/mol. The van der Waals surface area contributed by atoms with Crippen LogP contribution in [-0.4, -0.2) is 12.2 Å². The molecule has 2 unspecified atom stereocenters. The zero-order chi connectivity index (χ0) is 13.9. The van der Waals surface area contributed by atoms with E-state index in [1.807, 2.05) is 12.1 Å². The summed E-state index contributed by atoms with van der Waals surface area (Å²) in [5.41, 5.74) is 1.52.